The van der Waals surface area contributed by atoms with Crippen LogP contribution in [0, 0.1) is 6.92 Å². The van der Waals surface area contributed by atoms with Crippen LogP contribution in [0.4, 0.5) is 5.82 Å². The van der Waals surface area contributed by atoms with Crippen LogP contribution < -0.4 is 10.1 Å². The lowest BCUT2D eigenvalue weighted by Crippen LogP contribution is -2.14. The van der Waals surface area contributed by atoms with Crippen LogP contribution in [0.2, 0.25) is 0 Å². The van der Waals surface area contributed by atoms with E-state index in [1.165, 1.54) is 6.20 Å². The van der Waals surface area contributed by atoms with E-state index in [9.17, 15) is 4.79 Å². The highest BCUT2D eigenvalue weighted by Gasteiger charge is 2.12. The maximum absolute atomic E-state index is 12.1. The van der Waals surface area contributed by atoms with Crippen LogP contribution in [-0.4, -0.2) is 33.2 Å². The van der Waals surface area contributed by atoms with Crippen molar-refractivity contribution in [1.82, 2.24) is 20.2 Å². The molecule has 0 unspecified atom stereocenters. The van der Waals surface area contributed by atoms with Gasteiger partial charge in [0.15, 0.2) is 5.82 Å². The summed E-state index contributed by atoms with van der Waals surface area (Å²) >= 11 is 0. The number of aromatic nitrogens is 4. The zero-order chi connectivity index (χ0) is 16.2. The molecule has 0 spiro atoms. The Hall–Kier alpha value is -3.22. The average Bonchev–Trinajstić information content (AvgIpc) is 3.03. The first-order valence-electron chi connectivity index (χ1n) is 6.96. The predicted molar refractivity (Wildman–Crippen MR) is 85.3 cm³/mol. The number of carbonyl (C=O) groups excluding carboxylic acids is 1. The number of aryl methyl sites for hydroxylation is 1. The summed E-state index contributed by atoms with van der Waals surface area (Å²) in [5.41, 5.74) is 2.59. The Kier molecular flexibility index (Phi) is 4.01. The van der Waals surface area contributed by atoms with Crippen molar-refractivity contribution in [2.24, 2.45) is 0 Å². The molecule has 7 nitrogen and oxygen atoms in total. The van der Waals surface area contributed by atoms with Crippen molar-refractivity contribution < 1.29 is 9.53 Å². The Labute approximate surface area is 132 Å². The van der Waals surface area contributed by atoms with Crippen molar-refractivity contribution in [3.05, 3.63) is 54.1 Å². The normalized spacial score (nSPS) is 10.3. The van der Waals surface area contributed by atoms with Crippen LogP contribution in [0.5, 0.6) is 5.75 Å². The van der Waals surface area contributed by atoms with Crippen molar-refractivity contribution >= 4 is 11.7 Å². The molecule has 0 fully saturated rings. The maximum Gasteiger partial charge on any atom is 0.277 e. The number of ether oxygens (including phenoxy) is 1. The van der Waals surface area contributed by atoms with Gasteiger partial charge in [-0.1, -0.05) is 12.1 Å². The summed E-state index contributed by atoms with van der Waals surface area (Å²) in [5.74, 6) is 0.757. The number of nitrogens with one attached hydrogen (secondary N) is 2. The second kappa shape index (κ2) is 6.27. The lowest BCUT2D eigenvalue weighted by atomic mass is 10.1. The van der Waals surface area contributed by atoms with E-state index in [0.717, 1.165) is 22.7 Å². The number of H-pyrrole nitrogens is 1. The third-order valence-corrected chi connectivity index (χ3v) is 3.23. The number of para-hydroxylation sites is 1. The minimum atomic E-state index is -0.365. The molecule has 2 aromatic heterocycles. The molecule has 0 bridgehead atoms. The summed E-state index contributed by atoms with van der Waals surface area (Å²) in [5, 5.41) is 9.65. The molecule has 1 aromatic carbocycles. The first-order chi connectivity index (χ1) is 11.2. The Balaban J connectivity index is 1.79. The van der Waals surface area contributed by atoms with Gasteiger partial charge in [0.05, 0.1) is 24.7 Å². The summed E-state index contributed by atoms with van der Waals surface area (Å²) in [6.45, 7) is 1.81. The van der Waals surface area contributed by atoms with E-state index >= 15 is 0 Å². The van der Waals surface area contributed by atoms with Crippen molar-refractivity contribution in [3.8, 4) is 17.0 Å². The first kappa shape index (κ1) is 14.7. The van der Waals surface area contributed by atoms with Crippen molar-refractivity contribution in [3.63, 3.8) is 0 Å². The number of aromatic amines is 1. The second-order valence-electron chi connectivity index (χ2n) is 4.86. The fraction of sp³-hybridized carbons (Fsp3) is 0.125. The third kappa shape index (κ3) is 3.18. The van der Waals surface area contributed by atoms with Gasteiger partial charge >= 0.3 is 0 Å². The van der Waals surface area contributed by atoms with Crippen molar-refractivity contribution in [1.29, 1.82) is 0 Å². The molecule has 0 saturated carbocycles. The SMILES string of the molecule is COc1ccccc1-c1cc(NC(=O)c2cnc(C)cn2)n[nH]1. The Morgan fingerprint density at radius 3 is 2.78 bits per heavy atom. The number of hydrogen-bond acceptors (Lipinski definition) is 5. The molecule has 7 heteroatoms. The summed E-state index contributed by atoms with van der Waals surface area (Å²) < 4.78 is 5.32. The van der Waals surface area contributed by atoms with Crippen LogP contribution in [0.25, 0.3) is 11.3 Å². The van der Waals surface area contributed by atoms with Gasteiger partial charge < -0.3 is 10.1 Å². The predicted octanol–water partition coefficient (Wildman–Crippen LogP) is 2.44. The van der Waals surface area contributed by atoms with Gasteiger partial charge in [-0.05, 0) is 19.1 Å². The van der Waals surface area contributed by atoms with E-state index in [-0.39, 0.29) is 11.6 Å². The average molecular weight is 309 g/mol. The van der Waals surface area contributed by atoms with Gasteiger partial charge in [0.25, 0.3) is 5.91 Å². The fourth-order valence-corrected chi connectivity index (χ4v) is 2.08. The molecule has 0 aliphatic carbocycles. The molecule has 1 amide bonds. The number of carbonyl (C=O) groups is 1. The lowest BCUT2D eigenvalue weighted by Gasteiger charge is -2.05. The first-order valence-corrected chi connectivity index (χ1v) is 6.96. The molecule has 3 aromatic rings. The highest BCUT2D eigenvalue weighted by Crippen LogP contribution is 2.29. The Bertz CT molecular complexity index is 826. The number of methoxy groups -OCH3 is 1. The standard InChI is InChI=1S/C16H15N5O2/c1-10-8-18-13(9-17-10)16(22)19-15-7-12(20-21-15)11-5-3-4-6-14(11)23-2/h3-9H,1-2H3,(H2,19,20,21,22). The van der Waals surface area contributed by atoms with Crippen molar-refractivity contribution in [2.75, 3.05) is 12.4 Å². The maximum atomic E-state index is 12.1. The number of rotatable bonds is 4. The third-order valence-electron chi connectivity index (χ3n) is 3.23. The summed E-state index contributed by atoms with van der Waals surface area (Å²) in [4.78, 5) is 20.2. The van der Waals surface area contributed by atoms with Crippen molar-refractivity contribution in [2.45, 2.75) is 6.92 Å². The minimum Gasteiger partial charge on any atom is -0.496 e. The van der Waals surface area contributed by atoms with E-state index in [1.807, 2.05) is 31.2 Å². The van der Waals surface area contributed by atoms with Gasteiger partial charge in [-0.2, -0.15) is 5.10 Å². The molecule has 2 N–H and O–H groups in total. The van der Waals surface area contributed by atoms with Crippen LogP contribution in [-0.2, 0) is 0 Å². The summed E-state index contributed by atoms with van der Waals surface area (Å²) in [6, 6.07) is 9.29. The Morgan fingerprint density at radius 1 is 1.22 bits per heavy atom. The van der Waals surface area contributed by atoms with E-state index in [4.69, 9.17) is 4.74 Å². The largest absolute Gasteiger partial charge is 0.496 e. The van der Waals surface area contributed by atoms with E-state index < -0.39 is 0 Å². The number of anilines is 1. The number of amides is 1. The van der Waals surface area contributed by atoms with Gasteiger partial charge in [0.1, 0.15) is 11.4 Å². The zero-order valence-electron chi connectivity index (χ0n) is 12.7. The monoisotopic (exact) mass is 309 g/mol. The van der Waals surface area contributed by atoms with E-state index in [0.29, 0.717) is 5.82 Å². The second-order valence-corrected chi connectivity index (χ2v) is 4.86. The lowest BCUT2D eigenvalue weighted by molar-refractivity contribution is 0.102. The van der Waals surface area contributed by atoms with Gasteiger partial charge in [0, 0.05) is 17.8 Å². The van der Waals surface area contributed by atoms with Crippen LogP contribution >= 0.6 is 0 Å². The molecule has 116 valence electrons. The minimum absolute atomic E-state index is 0.234. The topological polar surface area (TPSA) is 92.8 Å². The van der Waals surface area contributed by atoms with Crippen LogP contribution in [0.15, 0.2) is 42.7 Å². The van der Waals surface area contributed by atoms with E-state index in [2.05, 4.69) is 25.5 Å². The zero-order valence-corrected chi connectivity index (χ0v) is 12.7. The molecule has 0 aliphatic rings. The van der Waals surface area contributed by atoms with Gasteiger partial charge in [-0.15, -0.1) is 0 Å². The number of nitrogens with zero attached hydrogens (tertiary/aromatic N) is 3. The van der Waals surface area contributed by atoms with Crippen LogP contribution in [0.1, 0.15) is 16.2 Å². The molecule has 0 atom stereocenters. The molecule has 3 rings (SSSR count). The quantitative estimate of drug-likeness (QED) is 0.772. The van der Waals surface area contributed by atoms with Gasteiger partial charge in [-0.25, -0.2) is 4.98 Å². The highest BCUT2D eigenvalue weighted by atomic mass is 16.5. The van der Waals surface area contributed by atoms with Crippen LogP contribution in [0.3, 0.4) is 0 Å². The molecule has 0 radical (unpaired) electrons. The molecule has 0 aliphatic heterocycles. The summed E-state index contributed by atoms with van der Waals surface area (Å²) in [7, 11) is 1.61. The highest BCUT2D eigenvalue weighted by molar-refractivity contribution is 6.02. The summed E-state index contributed by atoms with van der Waals surface area (Å²) in [6.07, 6.45) is 2.97. The number of benzene rings is 1. The Morgan fingerprint density at radius 2 is 2.04 bits per heavy atom. The van der Waals surface area contributed by atoms with E-state index in [1.54, 1.807) is 19.4 Å². The van der Waals surface area contributed by atoms with Gasteiger partial charge in [0.2, 0.25) is 0 Å². The number of hydrogen-bond donors (Lipinski definition) is 2. The molecule has 2 heterocycles. The fourth-order valence-electron chi connectivity index (χ4n) is 2.08. The molecular formula is C16H15N5O2. The molecule has 23 heavy (non-hydrogen) atoms. The van der Waals surface area contributed by atoms with Gasteiger partial charge in [-0.3, -0.25) is 14.9 Å². The molecule has 0 saturated heterocycles. The smallest absolute Gasteiger partial charge is 0.277 e. The molecular weight excluding hydrogens is 294 g/mol.